The van der Waals surface area contributed by atoms with Crippen molar-refractivity contribution >= 4 is 20.2 Å². The average Bonchev–Trinajstić information content (AvgIpc) is 2.70. The summed E-state index contributed by atoms with van der Waals surface area (Å²) in [6.07, 6.45) is -3.89. The lowest BCUT2D eigenvalue weighted by molar-refractivity contribution is -0.275. The van der Waals surface area contributed by atoms with Crippen LogP contribution in [0.5, 0.6) is 0 Å². The molecule has 1 aliphatic rings. The van der Waals surface area contributed by atoms with Crippen molar-refractivity contribution in [3.8, 4) is 0 Å². The fourth-order valence-electron chi connectivity index (χ4n) is 2.93. The van der Waals surface area contributed by atoms with Crippen molar-refractivity contribution in [3.63, 3.8) is 0 Å². The van der Waals surface area contributed by atoms with Crippen LogP contribution >= 0.6 is 0 Å². The van der Waals surface area contributed by atoms with Gasteiger partial charge in [-0.2, -0.15) is 0 Å². The van der Waals surface area contributed by atoms with Gasteiger partial charge in [0, 0.05) is 6.54 Å². The number of alkyl carbamates (subject to hydrolysis) is 1. The second-order valence-corrected chi connectivity index (χ2v) is 14.8. The fraction of sp³-hybridized carbons (Fsp3) is 0.652. The lowest BCUT2D eigenvalue weighted by Crippen LogP contribution is -2.59. The lowest BCUT2D eigenvalue weighted by atomic mass is 10.0. The Morgan fingerprint density at radius 2 is 1.91 bits per heavy atom. The van der Waals surface area contributed by atoms with Crippen LogP contribution in [0.25, 0.3) is 0 Å². The van der Waals surface area contributed by atoms with E-state index in [9.17, 15) is 14.7 Å². The van der Waals surface area contributed by atoms with Crippen LogP contribution in [0.15, 0.2) is 30.3 Å². The Balaban J connectivity index is 2.09. The molecule has 0 aliphatic carbocycles. The van der Waals surface area contributed by atoms with Crippen LogP contribution in [0.1, 0.15) is 40.2 Å². The zero-order valence-electron chi connectivity index (χ0n) is 20.1. The van der Waals surface area contributed by atoms with Crippen LogP contribution < -0.4 is 5.32 Å². The lowest BCUT2D eigenvalue weighted by Gasteiger charge is -2.43. The van der Waals surface area contributed by atoms with Crippen molar-refractivity contribution in [2.75, 3.05) is 13.2 Å². The molecule has 0 radical (unpaired) electrons. The molecule has 0 unspecified atom stereocenters. The van der Waals surface area contributed by atoms with Crippen LogP contribution in [0.4, 0.5) is 4.79 Å². The summed E-state index contributed by atoms with van der Waals surface area (Å²) in [6.45, 7) is 13.6. The van der Waals surface area contributed by atoms with E-state index in [-0.39, 0.29) is 30.6 Å². The summed E-state index contributed by atoms with van der Waals surface area (Å²) < 4.78 is 22.7. The highest BCUT2D eigenvalue weighted by atomic mass is 28.4. The van der Waals surface area contributed by atoms with E-state index in [2.05, 4.69) is 26.1 Å². The molecule has 1 saturated heterocycles. The number of ether oxygens (including phenoxy) is 3. The number of carbonyl (C=O) groups excluding carboxylic acids is 2. The number of benzene rings is 1. The topological polar surface area (TPSA) is 103 Å². The molecule has 1 aliphatic heterocycles. The first-order valence-electron chi connectivity index (χ1n) is 10.9. The summed E-state index contributed by atoms with van der Waals surface area (Å²) in [4.78, 5) is 24.7. The molecule has 1 fully saturated rings. The summed E-state index contributed by atoms with van der Waals surface area (Å²) in [5.74, 6) is -1.38. The monoisotopic (exact) mass is 467 g/mol. The summed E-state index contributed by atoms with van der Waals surface area (Å²) in [6, 6.07) is 9.33. The Labute approximate surface area is 191 Å². The number of rotatable bonds is 8. The molecule has 2 rings (SSSR count). The van der Waals surface area contributed by atoms with Crippen LogP contribution in [-0.2, 0) is 30.0 Å². The summed E-state index contributed by atoms with van der Waals surface area (Å²) >= 11 is 0. The van der Waals surface area contributed by atoms with Crippen LogP contribution in [0.3, 0.4) is 0 Å². The number of aliphatic hydroxyl groups is 1. The van der Waals surface area contributed by atoms with Crippen molar-refractivity contribution in [1.82, 2.24) is 5.32 Å². The van der Waals surface area contributed by atoms with Crippen LogP contribution in [0.2, 0.25) is 18.1 Å². The Morgan fingerprint density at radius 1 is 1.28 bits per heavy atom. The first-order chi connectivity index (χ1) is 14.7. The maximum Gasteiger partial charge on any atom is 0.407 e. The van der Waals surface area contributed by atoms with Crippen molar-refractivity contribution in [1.29, 1.82) is 0 Å². The number of carbonyl (C=O) groups is 2. The second-order valence-electron chi connectivity index (χ2n) is 10.0. The van der Waals surface area contributed by atoms with E-state index in [0.717, 1.165) is 5.56 Å². The molecule has 0 spiro atoms. The molecule has 1 heterocycles. The molecule has 9 heteroatoms. The van der Waals surface area contributed by atoms with Gasteiger partial charge < -0.3 is 29.1 Å². The molecule has 1 aromatic rings. The Hall–Kier alpha value is -1.78. The number of Topliss-reactive ketones (excluding diaryl/α,β-unsaturated/α-hetero) is 1. The molecular formula is C23H37NO7Si. The van der Waals surface area contributed by atoms with Gasteiger partial charge in [-0.05, 0) is 37.5 Å². The highest BCUT2D eigenvalue weighted by molar-refractivity contribution is 6.74. The molecule has 2 N–H and O–H groups in total. The predicted octanol–water partition coefficient (Wildman–Crippen LogP) is 3.38. The minimum atomic E-state index is -2.35. The number of hydrogen-bond acceptors (Lipinski definition) is 7. The molecule has 0 aromatic heterocycles. The van der Waals surface area contributed by atoms with Gasteiger partial charge in [0.2, 0.25) is 0 Å². The average molecular weight is 468 g/mol. The van der Waals surface area contributed by atoms with Crippen molar-refractivity contribution in [3.05, 3.63) is 35.9 Å². The summed E-state index contributed by atoms with van der Waals surface area (Å²) in [5, 5.41) is 13.6. The molecule has 32 heavy (non-hydrogen) atoms. The number of hydrogen-bond donors (Lipinski definition) is 2. The third-order valence-electron chi connectivity index (χ3n) is 5.89. The van der Waals surface area contributed by atoms with Crippen LogP contribution in [-0.4, -0.2) is 62.6 Å². The van der Waals surface area contributed by atoms with E-state index < -0.39 is 38.5 Å². The first-order valence-corrected chi connectivity index (χ1v) is 13.8. The highest BCUT2D eigenvalue weighted by Gasteiger charge is 2.46. The molecule has 180 valence electrons. The minimum Gasteiger partial charge on any atom is -0.445 e. The van der Waals surface area contributed by atoms with E-state index >= 15 is 0 Å². The van der Waals surface area contributed by atoms with E-state index in [4.69, 9.17) is 18.6 Å². The quantitative estimate of drug-likeness (QED) is 0.565. The number of aliphatic hydroxyl groups excluding tert-OH is 1. The molecule has 0 saturated carbocycles. The smallest absolute Gasteiger partial charge is 0.407 e. The van der Waals surface area contributed by atoms with E-state index in [0.29, 0.717) is 0 Å². The summed E-state index contributed by atoms with van der Waals surface area (Å²) in [7, 11) is -2.35. The van der Waals surface area contributed by atoms with Crippen molar-refractivity contribution in [2.45, 2.75) is 83.5 Å². The standard InChI is InChI=1S/C23H37NO7Si/c1-22(2,3)32(6,7)31-18(19(26)20-17(25)15-29-23(4,5)30-20)13-24-21(27)28-14-16-11-9-8-10-12-16/h8-12,18-20,26H,13-15H2,1-7H3,(H,24,27)/t18-,19-,20+/m0/s1. The highest BCUT2D eigenvalue weighted by Crippen LogP contribution is 2.38. The molecule has 0 bridgehead atoms. The van der Waals surface area contributed by atoms with Crippen molar-refractivity contribution < 1.29 is 33.3 Å². The van der Waals surface area contributed by atoms with Crippen molar-refractivity contribution in [2.24, 2.45) is 0 Å². The molecular weight excluding hydrogens is 430 g/mol. The molecule has 8 nitrogen and oxygen atoms in total. The largest absolute Gasteiger partial charge is 0.445 e. The van der Waals surface area contributed by atoms with Gasteiger partial charge >= 0.3 is 6.09 Å². The van der Waals surface area contributed by atoms with Gasteiger partial charge in [-0.15, -0.1) is 0 Å². The SMILES string of the molecule is CC1(C)OCC(=O)[C@H]([C@@H](O)[C@H](CNC(=O)OCc2ccccc2)O[Si](C)(C)C(C)(C)C)O1. The van der Waals surface area contributed by atoms with Gasteiger partial charge in [-0.3, -0.25) is 4.79 Å². The van der Waals surface area contributed by atoms with Gasteiger partial charge in [0.15, 0.2) is 19.9 Å². The van der Waals surface area contributed by atoms with E-state index in [1.54, 1.807) is 13.8 Å². The third kappa shape index (κ3) is 7.38. The zero-order valence-corrected chi connectivity index (χ0v) is 21.1. The third-order valence-corrected chi connectivity index (χ3v) is 10.4. The maximum absolute atomic E-state index is 12.4. The van der Waals surface area contributed by atoms with Gasteiger partial charge in [-0.25, -0.2) is 4.79 Å². The summed E-state index contributed by atoms with van der Waals surface area (Å²) in [5.41, 5.74) is 0.861. The molecule has 1 amide bonds. The Kier molecular flexibility index (Phi) is 8.63. The van der Waals surface area contributed by atoms with Gasteiger partial charge in [0.25, 0.3) is 0 Å². The van der Waals surface area contributed by atoms with E-state index in [1.807, 2.05) is 43.4 Å². The maximum atomic E-state index is 12.4. The van der Waals surface area contributed by atoms with Crippen LogP contribution in [0, 0.1) is 0 Å². The molecule has 3 atom stereocenters. The van der Waals surface area contributed by atoms with Gasteiger partial charge in [-0.1, -0.05) is 51.1 Å². The Bertz CT molecular complexity index is 776. The van der Waals surface area contributed by atoms with Gasteiger partial charge in [0.1, 0.15) is 25.4 Å². The minimum absolute atomic E-state index is 0.0320. The Morgan fingerprint density at radius 3 is 2.50 bits per heavy atom. The number of nitrogens with one attached hydrogen (secondary N) is 1. The second kappa shape index (κ2) is 10.4. The van der Waals surface area contributed by atoms with E-state index in [1.165, 1.54) is 0 Å². The first kappa shape index (κ1) is 26.5. The number of ketones is 1. The predicted molar refractivity (Wildman–Crippen MR) is 123 cm³/mol. The zero-order chi connectivity index (χ0) is 24.2. The normalized spacial score (nSPS) is 21.0. The van der Waals surface area contributed by atoms with Gasteiger partial charge in [0.05, 0.1) is 6.10 Å². The number of amides is 1. The fourth-order valence-corrected chi connectivity index (χ4v) is 4.27. The molecule has 1 aromatic carbocycles.